The minimum absolute atomic E-state index is 0.722. The van der Waals surface area contributed by atoms with Gasteiger partial charge in [0.2, 0.25) is 0 Å². The zero-order valence-corrected chi connectivity index (χ0v) is 10.7. The Kier molecular flexibility index (Phi) is 2.52. The van der Waals surface area contributed by atoms with E-state index in [1.54, 1.807) is 0 Å². The van der Waals surface area contributed by atoms with Crippen molar-refractivity contribution < 1.29 is 0 Å². The molecule has 1 saturated carbocycles. The van der Waals surface area contributed by atoms with Crippen LogP contribution < -0.4 is 5.73 Å². The zero-order valence-electron chi connectivity index (χ0n) is 9.12. The predicted octanol–water partition coefficient (Wildman–Crippen LogP) is 3.24. The van der Waals surface area contributed by atoms with E-state index in [4.69, 9.17) is 5.73 Å². The Hall–Kier alpha value is -0.800. The number of rotatable bonds is 3. The van der Waals surface area contributed by atoms with Gasteiger partial charge in [-0.1, -0.05) is 15.9 Å². The molecule has 0 atom stereocenters. The van der Waals surface area contributed by atoms with Gasteiger partial charge in [0.05, 0.1) is 0 Å². The van der Waals surface area contributed by atoms with Gasteiger partial charge in [-0.05, 0) is 50.1 Å². The van der Waals surface area contributed by atoms with Crippen LogP contribution in [-0.4, -0.2) is 11.1 Å². The second-order valence-electron chi connectivity index (χ2n) is 4.48. The third-order valence-corrected chi connectivity index (χ3v) is 3.69. The van der Waals surface area contributed by atoms with Crippen molar-refractivity contribution in [3.05, 3.63) is 34.4 Å². The van der Waals surface area contributed by atoms with Gasteiger partial charge in [0, 0.05) is 27.1 Å². The highest BCUT2D eigenvalue weighted by molar-refractivity contribution is 9.10. The number of hydrogen-bond acceptors (Lipinski definition) is 1. The first-order valence-corrected chi connectivity index (χ1v) is 6.58. The van der Waals surface area contributed by atoms with E-state index in [0.29, 0.717) is 0 Å². The van der Waals surface area contributed by atoms with Crippen LogP contribution in [0.1, 0.15) is 24.6 Å². The fraction of sp³-hybridized carbons (Fsp3) is 0.385. The normalized spacial score (nSPS) is 15.9. The Bertz CT molecular complexity index is 526. The fourth-order valence-electron chi connectivity index (χ4n) is 2.37. The Labute approximate surface area is 104 Å². The van der Waals surface area contributed by atoms with E-state index in [2.05, 4.69) is 44.8 Å². The van der Waals surface area contributed by atoms with Gasteiger partial charge < -0.3 is 10.3 Å². The van der Waals surface area contributed by atoms with Crippen molar-refractivity contribution in [1.29, 1.82) is 0 Å². The lowest BCUT2D eigenvalue weighted by Crippen LogP contribution is -2.07. The van der Waals surface area contributed by atoms with Gasteiger partial charge in [-0.3, -0.25) is 0 Å². The summed E-state index contributed by atoms with van der Waals surface area (Å²) in [6.45, 7) is 0.726. The van der Waals surface area contributed by atoms with Crippen LogP contribution in [0.4, 0.5) is 0 Å². The number of fused-ring (bicyclic) bond motifs is 1. The molecule has 1 aliphatic rings. The van der Waals surface area contributed by atoms with Crippen molar-refractivity contribution in [1.82, 2.24) is 4.57 Å². The average Bonchev–Trinajstić information content (AvgIpc) is 3.02. The Morgan fingerprint density at radius 2 is 2.12 bits per heavy atom. The van der Waals surface area contributed by atoms with Crippen molar-refractivity contribution in [3.8, 4) is 0 Å². The van der Waals surface area contributed by atoms with E-state index < -0.39 is 0 Å². The van der Waals surface area contributed by atoms with Crippen LogP contribution >= 0.6 is 15.9 Å². The number of aromatic nitrogens is 1. The largest absolute Gasteiger partial charge is 0.341 e. The molecule has 0 radical (unpaired) electrons. The minimum Gasteiger partial charge on any atom is -0.341 e. The van der Waals surface area contributed by atoms with Crippen LogP contribution in [0.15, 0.2) is 28.7 Å². The predicted molar refractivity (Wildman–Crippen MR) is 70.7 cm³/mol. The first-order valence-electron chi connectivity index (χ1n) is 5.79. The number of benzene rings is 1. The first-order chi connectivity index (χ1) is 7.79. The fourth-order valence-corrected chi connectivity index (χ4v) is 2.75. The van der Waals surface area contributed by atoms with Crippen molar-refractivity contribution in [2.24, 2.45) is 5.73 Å². The van der Waals surface area contributed by atoms with Crippen molar-refractivity contribution in [3.63, 3.8) is 0 Å². The summed E-state index contributed by atoms with van der Waals surface area (Å²) in [5.41, 5.74) is 8.42. The number of nitrogens with zero attached hydrogens (tertiary/aromatic N) is 1. The second-order valence-corrected chi connectivity index (χ2v) is 5.39. The highest BCUT2D eigenvalue weighted by Crippen LogP contribution is 2.40. The molecule has 1 aromatic carbocycles. The molecule has 0 bridgehead atoms. The van der Waals surface area contributed by atoms with Crippen LogP contribution in [0, 0.1) is 0 Å². The lowest BCUT2D eigenvalue weighted by molar-refractivity contribution is 0.715. The van der Waals surface area contributed by atoms with Gasteiger partial charge in [0.25, 0.3) is 0 Å². The molecule has 16 heavy (non-hydrogen) atoms. The van der Waals surface area contributed by atoms with E-state index in [0.717, 1.165) is 23.5 Å². The van der Waals surface area contributed by atoms with Crippen LogP contribution in [0.3, 0.4) is 0 Å². The lowest BCUT2D eigenvalue weighted by Gasteiger charge is -2.08. The molecule has 0 saturated heterocycles. The molecule has 1 fully saturated rings. The molecular weight excluding hydrogens is 264 g/mol. The molecule has 3 heteroatoms. The summed E-state index contributed by atoms with van der Waals surface area (Å²) < 4.78 is 3.63. The second kappa shape index (κ2) is 3.90. The van der Waals surface area contributed by atoms with E-state index >= 15 is 0 Å². The quantitative estimate of drug-likeness (QED) is 0.918. The number of hydrogen-bond donors (Lipinski definition) is 1. The molecule has 2 N–H and O–H groups in total. The van der Waals surface area contributed by atoms with Gasteiger partial charge in [-0.15, -0.1) is 0 Å². The zero-order chi connectivity index (χ0) is 11.1. The van der Waals surface area contributed by atoms with Gasteiger partial charge in [0.1, 0.15) is 0 Å². The molecule has 0 spiro atoms. The topological polar surface area (TPSA) is 30.9 Å². The monoisotopic (exact) mass is 278 g/mol. The Morgan fingerprint density at radius 1 is 1.31 bits per heavy atom. The summed E-state index contributed by atoms with van der Waals surface area (Å²) in [5.74, 6) is 0. The van der Waals surface area contributed by atoms with Gasteiger partial charge in [0.15, 0.2) is 0 Å². The highest BCUT2D eigenvalue weighted by atomic mass is 79.9. The van der Waals surface area contributed by atoms with Crippen LogP contribution in [0.25, 0.3) is 10.9 Å². The Morgan fingerprint density at radius 3 is 2.81 bits per heavy atom. The average molecular weight is 279 g/mol. The molecule has 0 aliphatic heterocycles. The molecule has 1 heterocycles. The third-order valence-electron chi connectivity index (χ3n) is 3.19. The molecule has 1 aromatic heterocycles. The summed E-state index contributed by atoms with van der Waals surface area (Å²) in [5, 5.41) is 1.32. The summed E-state index contributed by atoms with van der Waals surface area (Å²) in [6, 6.07) is 9.52. The third kappa shape index (κ3) is 1.68. The lowest BCUT2D eigenvalue weighted by atomic mass is 10.2. The van der Waals surface area contributed by atoms with Crippen molar-refractivity contribution in [2.75, 3.05) is 6.54 Å². The van der Waals surface area contributed by atoms with Gasteiger partial charge in [-0.25, -0.2) is 0 Å². The van der Waals surface area contributed by atoms with Gasteiger partial charge in [-0.2, -0.15) is 0 Å². The molecule has 84 valence electrons. The number of halogens is 1. The first kappa shape index (κ1) is 10.4. The molecular formula is C13H15BrN2. The van der Waals surface area contributed by atoms with Crippen LogP contribution in [0.5, 0.6) is 0 Å². The van der Waals surface area contributed by atoms with E-state index in [1.165, 1.54) is 29.4 Å². The van der Waals surface area contributed by atoms with E-state index in [-0.39, 0.29) is 0 Å². The van der Waals surface area contributed by atoms with Crippen molar-refractivity contribution in [2.45, 2.75) is 25.3 Å². The molecule has 2 nitrogen and oxygen atoms in total. The molecule has 0 amide bonds. The SMILES string of the molecule is NCCc1cc2cc(Br)ccc2n1C1CC1. The maximum atomic E-state index is 5.68. The summed E-state index contributed by atoms with van der Waals surface area (Å²) in [6.07, 6.45) is 3.61. The summed E-state index contributed by atoms with van der Waals surface area (Å²) >= 11 is 3.52. The summed E-state index contributed by atoms with van der Waals surface area (Å²) in [7, 11) is 0. The van der Waals surface area contributed by atoms with Crippen LogP contribution in [0.2, 0.25) is 0 Å². The maximum absolute atomic E-state index is 5.68. The van der Waals surface area contributed by atoms with Crippen LogP contribution in [-0.2, 0) is 6.42 Å². The molecule has 0 unspecified atom stereocenters. The van der Waals surface area contributed by atoms with E-state index in [1.807, 2.05) is 0 Å². The smallest absolute Gasteiger partial charge is 0.0485 e. The molecule has 3 rings (SSSR count). The minimum atomic E-state index is 0.722. The highest BCUT2D eigenvalue weighted by Gasteiger charge is 2.26. The standard InChI is InChI=1S/C13H15BrN2/c14-10-1-4-13-9(7-10)8-12(5-6-15)16(13)11-2-3-11/h1,4,7-8,11H,2-3,5-6,15H2. The number of nitrogens with two attached hydrogens (primary N) is 1. The van der Waals surface area contributed by atoms with Gasteiger partial charge >= 0.3 is 0 Å². The molecule has 1 aliphatic carbocycles. The van der Waals surface area contributed by atoms with Crippen molar-refractivity contribution >= 4 is 26.8 Å². The Balaban J connectivity index is 2.20. The maximum Gasteiger partial charge on any atom is 0.0485 e. The summed E-state index contributed by atoms with van der Waals surface area (Å²) in [4.78, 5) is 0. The molecule has 2 aromatic rings. The van der Waals surface area contributed by atoms with E-state index in [9.17, 15) is 0 Å².